The Kier molecular flexibility index (Phi) is 6.61. The molecule has 0 saturated heterocycles. The van der Waals surface area contributed by atoms with Crippen molar-refractivity contribution in [3.05, 3.63) is 72.3 Å². The van der Waals surface area contributed by atoms with E-state index in [9.17, 15) is 14.7 Å². The number of nitrogens with one attached hydrogen (secondary N) is 1. The average Bonchev–Trinajstić information content (AvgIpc) is 2.65. The van der Waals surface area contributed by atoms with Gasteiger partial charge in [-0.1, -0.05) is 36.9 Å². The first kappa shape index (κ1) is 18.9. The normalized spacial score (nSPS) is 11.7. The Balaban J connectivity index is 2.23. The van der Waals surface area contributed by atoms with Gasteiger partial charge in [-0.25, -0.2) is 4.79 Å². The van der Waals surface area contributed by atoms with Crippen molar-refractivity contribution >= 4 is 17.6 Å². The number of phenols is 1. The Morgan fingerprint density at radius 2 is 2.00 bits per heavy atom. The van der Waals surface area contributed by atoms with E-state index in [4.69, 9.17) is 4.74 Å². The van der Waals surface area contributed by atoms with Gasteiger partial charge in [-0.15, -0.1) is 0 Å². The molecule has 0 aliphatic heterocycles. The molecule has 7 heteroatoms. The largest absolute Gasteiger partial charge is 0.507 e. The molecule has 2 rings (SSSR count). The molecule has 2 aromatic carbocycles. The number of carbonyl (C=O) groups excluding carboxylic acids is 2. The van der Waals surface area contributed by atoms with Crippen molar-refractivity contribution in [3.63, 3.8) is 0 Å². The lowest BCUT2D eigenvalue weighted by Gasteiger charge is -2.12. The number of nitrogens with zero attached hydrogens (tertiary/aromatic N) is 2. The van der Waals surface area contributed by atoms with Crippen LogP contribution in [0.1, 0.15) is 29.0 Å². The van der Waals surface area contributed by atoms with Crippen molar-refractivity contribution in [2.75, 3.05) is 6.61 Å². The predicted octanol–water partition coefficient (Wildman–Crippen LogP) is 3.65. The lowest BCUT2D eigenvalue weighted by molar-refractivity contribution is -0.117. The van der Waals surface area contributed by atoms with E-state index in [1.807, 2.05) is 18.2 Å². The van der Waals surface area contributed by atoms with E-state index in [-0.39, 0.29) is 17.9 Å². The molecule has 1 amide bonds. The fourth-order valence-electron chi connectivity index (χ4n) is 2.10. The average molecular weight is 353 g/mol. The summed E-state index contributed by atoms with van der Waals surface area (Å²) in [5.74, 6) is -1.27. The Bertz CT molecular complexity index is 819. The molecule has 134 valence electrons. The zero-order chi connectivity index (χ0) is 18.9. The second-order valence-corrected chi connectivity index (χ2v) is 5.16. The second-order valence-electron chi connectivity index (χ2n) is 5.16. The van der Waals surface area contributed by atoms with Crippen LogP contribution in [0.5, 0.6) is 5.75 Å². The van der Waals surface area contributed by atoms with E-state index in [0.717, 1.165) is 11.6 Å². The smallest absolute Gasteiger partial charge is 0.341 e. The molecule has 2 N–H and O–H groups in total. The zero-order valence-corrected chi connectivity index (χ0v) is 14.3. The number of hydrogen-bond acceptors (Lipinski definition) is 6. The topological polar surface area (TPSA) is 100 Å². The molecular weight excluding hydrogens is 334 g/mol. The molecule has 0 saturated carbocycles. The van der Waals surface area contributed by atoms with Gasteiger partial charge in [0, 0.05) is 6.07 Å². The van der Waals surface area contributed by atoms with Crippen LogP contribution in [0.2, 0.25) is 0 Å². The summed E-state index contributed by atoms with van der Waals surface area (Å²) in [5.41, 5.74) is 1.11. The lowest BCUT2D eigenvalue weighted by atomic mass is 10.2. The highest BCUT2D eigenvalue weighted by molar-refractivity contribution is 5.92. The summed E-state index contributed by atoms with van der Waals surface area (Å²) in [6, 6.07) is 13.3. The summed E-state index contributed by atoms with van der Waals surface area (Å²) >= 11 is 0. The predicted molar refractivity (Wildman–Crippen MR) is 96.1 cm³/mol. The van der Waals surface area contributed by atoms with Crippen molar-refractivity contribution in [1.82, 2.24) is 5.32 Å². The Labute approximate surface area is 151 Å². The number of esters is 1. The molecule has 0 radical (unpaired) electrons. The molecule has 0 aliphatic rings. The van der Waals surface area contributed by atoms with Crippen molar-refractivity contribution in [1.29, 1.82) is 0 Å². The number of amides is 1. The minimum absolute atomic E-state index is 0.0466. The standard InChI is InChI=1S/C19H19N3O4/c1-3-17(24)20-18(13-8-6-5-7-9-13)22-21-14-10-11-15(16(23)12-14)19(25)26-4-2/h3,5-12,18,23H,1,4H2,2H3,(H,20,24). The number of benzene rings is 2. The summed E-state index contributed by atoms with van der Waals surface area (Å²) in [7, 11) is 0. The summed E-state index contributed by atoms with van der Waals surface area (Å²) < 4.78 is 4.85. The molecule has 0 heterocycles. The fraction of sp³-hybridized carbons (Fsp3) is 0.158. The van der Waals surface area contributed by atoms with E-state index in [2.05, 4.69) is 22.1 Å². The van der Waals surface area contributed by atoms with Gasteiger partial charge in [-0.2, -0.15) is 10.2 Å². The van der Waals surface area contributed by atoms with Crippen LogP contribution < -0.4 is 5.32 Å². The highest BCUT2D eigenvalue weighted by Gasteiger charge is 2.14. The highest BCUT2D eigenvalue weighted by atomic mass is 16.5. The molecule has 0 spiro atoms. The maximum atomic E-state index is 11.7. The van der Waals surface area contributed by atoms with Crippen LogP contribution in [0.4, 0.5) is 5.69 Å². The minimum atomic E-state index is -0.714. The van der Waals surface area contributed by atoms with Gasteiger partial charge in [0.2, 0.25) is 5.91 Å². The van der Waals surface area contributed by atoms with Crippen molar-refractivity contribution < 1.29 is 19.4 Å². The Morgan fingerprint density at radius 3 is 2.62 bits per heavy atom. The van der Waals surface area contributed by atoms with Gasteiger partial charge in [-0.05, 0) is 30.7 Å². The maximum absolute atomic E-state index is 11.7. The quantitative estimate of drug-likeness (QED) is 0.451. The molecule has 0 bridgehead atoms. The third kappa shape index (κ3) is 5.01. The van der Waals surface area contributed by atoms with Gasteiger partial charge in [0.25, 0.3) is 0 Å². The minimum Gasteiger partial charge on any atom is -0.507 e. The van der Waals surface area contributed by atoms with E-state index in [0.29, 0.717) is 5.69 Å². The highest BCUT2D eigenvalue weighted by Crippen LogP contribution is 2.26. The lowest BCUT2D eigenvalue weighted by Crippen LogP contribution is -2.25. The van der Waals surface area contributed by atoms with Crippen LogP contribution in [-0.2, 0) is 9.53 Å². The van der Waals surface area contributed by atoms with Crippen LogP contribution in [-0.4, -0.2) is 23.6 Å². The molecule has 1 atom stereocenters. The van der Waals surface area contributed by atoms with E-state index in [1.54, 1.807) is 19.1 Å². The maximum Gasteiger partial charge on any atom is 0.341 e. The second kappa shape index (κ2) is 9.12. The monoisotopic (exact) mass is 353 g/mol. The van der Waals surface area contributed by atoms with E-state index >= 15 is 0 Å². The van der Waals surface area contributed by atoms with E-state index < -0.39 is 18.0 Å². The fourth-order valence-corrected chi connectivity index (χ4v) is 2.10. The van der Waals surface area contributed by atoms with Gasteiger partial charge in [-0.3, -0.25) is 4.79 Å². The molecule has 1 unspecified atom stereocenters. The summed E-state index contributed by atoms with van der Waals surface area (Å²) in [4.78, 5) is 23.3. The number of rotatable bonds is 7. The van der Waals surface area contributed by atoms with Crippen LogP contribution >= 0.6 is 0 Å². The Hall–Kier alpha value is -3.48. The first-order valence-electron chi connectivity index (χ1n) is 7.94. The third-order valence-corrected chi connectivity index (χ3v) is 3.35. The molecule has 2 aromatic rings. The molecular formula is C19H19N3O4. The zero-order valence-electron chi connectivity index (χ0n) is 14.3. The number of phenolic OH excluding ortho intramolecular Hbond substituents is 1. The Morgan fingerprint density at radius 1 is 1.27 bits per heavy atom. The third-order valence-electron chi connectivity index (χ3n) is 3.35. The molecule has 0 fully saturated rings. The number of hydrogen-bond donors (Lipinski definition) is 2. The van der Waals surface area contributed by atoms with E-state index in [1.165, 1.54) is 18.2 Å². The van der Waals surface area contributed by atoms with Gasteiger partial charge in [0.15, 0.2) is 6.17 Å². The SMILES string of the molecule is C=CC(=O)NC(N=Nc1ccc(C(=O)OCC)c(O)c1)c1ccccc1. The van der Waals surface area contributed by atoms with Gasteiger partial charge < -0.3 is 15.2 Å². The molecule has 7 nitrogen and oxygen atoms in total. The number of ether oxygens (including phenoxy) is 1. The van der Waals surface area contributed by atoms with Crippen molar-refractivity contribution in [3.8, 4) is 5.75 Å². The van der Waals surface area contributed by atoms with Crippen molar-refractivity contribution in [2.45, 2.75) is 13.1 Å². The van der Waals surface area contributed by atoms with Crippen molar-refractivity contribution in [2.24, 2.45) is 10.2 Å². The van der Waals surface area contributed by atoms with Crippen LogP contribution in [0.15, 0.2) is 71.4 Å². The van der Waals surface area contributed by atoms with Crippen LogP contribution in [0, 0.1) is 0 Å². The van der Waals surface area contributed by atoms with Crippen LogP contribution in [0.25, 0.3) is 0 Å². The summed E-state index contributed by atoms with van der Waals surface area (Å²) in [5, 5.41) is 20.8. The first-order valence-corrected chi connectivity index (χ1v) is 7.94. The molecule has 0 aliphatic carbocycles. The first-order chi connectivity index (χ1) is 12.5. The number of aromatic hydroxyl groups is 1. The summed E-state index contributed by atoms with van der Waals surface area (Å²) in [6.45, 7) is 5.31. The number of carbonyl (C=O) groups is 2. The molecule has 26 heavy (non-hydrogen) atoms. The molecule has 0 aromatic heterocycles. The van der Waals surface area contributed by atoms with Crippen LogP contribution in [0.3, 0.4) is 0 Å². The van der Waals surface area contributed by atoms with Gasteiger partial charge in [0.05, 0.1) is 12.3 Å². The number of azo groups is 1. The van der Waals surface area contributed by atoms with Gasteiger partial charge >= 0.3 is 5.97 Å². The summed E-state index contributed by atoms with van der Waals surface area (Å²) in [6.07, 6.45) is 0.430. The van der Waals surface area contributed by atoms with Gasteiger partial charge in [0.1, 0.15) is 11.3 Å².